The molecule has 1 heterocycles. The van der Waals surface area contributed by atoms with E-state index in [4.69, 9.17) is 4.84 Å². The summed E-state index contributed by atoms with van der Waals surface area (Å²) in [4.78, 5) is 5.46. The Bertz CT molecular complexity index is 447. The lowest BCUT2D eigenvalue weighted by atomic mass is 10.2. The highest BCUT2D eigenvalue weighted by atomic mass is 32.2. The van der Waals surface area contributed by atoms with Crippen LogP contribution in [0, 0.1) is 6.92 Å². The Hall–Kier alpha value is -0.910. The number of benzene rings is 1. The molecule has 5 heteroatoms. The molecule has 1 aliphatic rings. The Morgan fingerprint density at radius 1 is 1.19 bits per heavy atom. The van der Waals surface area contributed by atoms with Crippen molar-refractivity contribution >= 4 is 10.0 Å². The fourth-order valence-corrected chi connectivity index (χ4v) is 2.89. The van der Waals surface area contributed by atoms with Crippen molar-refractivity contribution < 1.29 is 13.3 Å². The normalized spacial score (nSPS) is 18.6. The molecular weight excluding hydrogens is 226 g/mol. The molecule has 0 aromatic heterocycles. The molecule has 0 amide bonds. The molecule has 1 saturated heterocycles. The number of rotatable bonds is 2. The van der Waals surface area contributed by atoms with Gasteiger partial charge in [0.1, 0.15) is 0 Å². The van der Waals surface area contributed by atoms with Gasteiger partial charge in [-0.1, -0.05) is 22.2 Å². The van der Waals surface area contributed by atoms with E-state index < -0.39 is 10.0 Å². The second kappa shape index (κ2) is 4.53. The smallest absolute Gasteiger partial charge is 0.265 e. The minimum absolute atomic E-state index is 0.292. The van der Waals surface area contributed by atoms with Crippen LogP contribution in [-0.4, -0.2) is 26.0 Å². The second-order valence-electron chi connectivity index (χ2n) is 3.88. The Morgan fingerprint density at radius 2 is 1.88 bits per heavy atom. The molecular formula is C11H15NO3S. The molecule has 0 atom stereocenters. The molecule has 1 fully saturated rings. The summed E-state index contributed by atoms with van der Waals surface area (Å²) in [6, 6.07) is 6.80. The molecule has 0 N–H and O–H groups in total. The van der Waals surface area contributed by atoms with E-state index >= 15 is 0 Å². The zero-order valence-corrected chi connectivity index (χ0v) is 10.0. The van der Waals surface area contributed by atoms with E-state index in [0.29, 0.717) is 18.0 Å². The number of hydrogen-bond acceptors (Lipinski definition) is 3. The minimum Gasteiger partial charge on any atom is -0.284 e. The monoisotopic (exact) mass is 241 g/mol. The van der Waals surface area contributed by atoms with Gasteiger partial charge in [-0.3, -0.25) is 4.84 Å². The van der Waals surface area contributed by atoms with Crippen molar-refractivity contribution in [2.45, 2.75) is 24.7 Å². The molecule has 0 spiro atoms. The third-order valence-corrected chi connectivity index (χ3v) is 4.25. The molecule has 1 aromatic rings. The van der Waals surface area contributed by atoms with Gasteiger partial charge in [0.05, 0.1) is 11.5 Å². The maximum absolute atomic E-state index is 12.1. The van der Waals surface area contributed by atoms with Gasteiger partial charge in [0.15, 0.2) is 0 Å². The fraction of sp³-hybridized carbons (Fsp3) is 0.455. The summed E-state index contributed by atoms with van der Waals surface area (Å²) >= 11 is 0. The van der Waals surface area contributed by atoms with E-state index in [2.05, 4.69) is 0 Å². The summed E-state index contributed by atoms with van der Waals surface area (Å²) < 4.78 is 25.3. The van der Waals surface area contributed by atoms with Crippen molar-refractivity contribution in [3.8, 4) is 0 Å². The lowest BCUT2D eigenvalue weighted by molar-refractivity contribution is -0.108. The molecule has 0 bridgehead atoms. The number of hydroxylamine groups is 1. The van der Waals surface area contributed by atoms with E-state index in [0.717, 1.165) is 22.9 Å². The Kier molecular flexibility index (Phi) is 3.28. The van der Waals surface area contributed by atoms with Crippen molar-refractivity contribution in [3.63, 3.8) is 0 Å². The van der Waals surface area contributed by atoms with Crippen LogP contribution in [0.2, 0.25) is 0 Å². The van der Waals surface area contributed by atoms with Crippen molar-refractivity contribution in [3.05, 3.63) is 29.8 Å². The maximum atomic E-state index is 12.1. The average Bonchev–Trinajstić information content (AvgIpc) is 2.31. The van der Waals surface area contributed by atoms with Gasteiger partial charge in [-0.05, 0) is 31.9 Å². The zero-order valence-electron chi connectivity index (χ0n) is 9.22. The average molecular weight is 241 g/mol. The predicted octanol–water partition coefficient (Wildman–Crippen LogP) is 1.71. The molecule has 0 aliphatic carbocycles. The van der Waals surface area contributed by atoms with Gasteiger partial charge in [0.25, 0.3) is 10.0 Å². The predicted molar refractivity (Wildman–Crippen MR) is 60.3 cm³/mol. The first-order valence-electron chi connectivity index (χ1n) is 5.33. The SMILES string of the molecule is Cc1ccc(S(=O)(=O)N2CCCCO2)cc1. The van der Waals surface area contributed by atoms with Gasteiger partial charge >= 0.3 is 0 Å². The van der Waals surface area contributed by atoms with Crippen LogP contribution in [0.25, 0.3) is 0 Å². The van der Waals surface area contributed by atoms with Gasteiger partial charge < -0.3 is 0 Å². The van der Waals surface area contributed by atoms with E-state index in [1.165, 1.54) is 0 Å². The molecule has 88 valence electrons. The Morgan fingerprint density at radius 3 is 2.44 bits per heavy atom. The summed E-state index contributed by atoms with van der Waals surface area (Å²) in [5.41, 5.74) is 1.04. The third kappa shape index (κ3) is 2.26. The van der Waals surface area contributed by atoms with Crippen LogP contribution in [0.4, 0.5) is 0 Å². The van der Waals surface area contributed by atoms with Crippen molar-refractivity contribution in [1.29, 1.82) is 0 Å². The van der Waals surface area contributed by atoms with Crippen LogP contribution in [0.3, 0.4) is 0 Å². The lowest BCUT2D eigenvalue weighted by Gasteiger charge is -2.25. The van der Waals surface area contributed by atoms with Crippen LogP contribution < -0.4 is 0 Å². The highest BCUT2D eigenvalue weighted by Crippen LogP contribution is 2.19. The molecule has 16 heavy (non-hydrogen) atoms. The van der Waals surface area contributed by atoms with Crippen molar-refractivity contribution in [2.24, 2.45) is 0 Å². The van der Waals surface area contributed by atoms with E-state index in [-0.39, 0.29) is 0 Å². The third-order valence-electron chi connectivity index (χ3n) is 2.56. The minimum atomic E-state index is -3.47. The molecule has 1 aromatic carbocycles. The molecule has 2 rings (SSSR count). The van der Waals surface area contributed by atoms with Gasteiger partial charge in [0.2, 0.25) is 0 Å². The standard InChI is InChI=1S/C11H15NO3S/c1-10-4-6-11(7-5-10)16(13,14)12-8-2-3-9-15-12/h4-7H,2-3,8-9H2,1H3. The van der Waals surface area contributed by atoms with Crippen LogP contribution in [0.1, 0.15) is 18.4 Å². The quantitative estimate of drug-likeness (QED) is 0.792. The molecule has 1 aliphatic heterocycles. The molecule has 4 nitrogen and oxygen atoms in total. The van der Waals surface area contributed by atoms with Gasteiger partial charge in [-0.25, -0.2) is 8.42 Å². The van der Waals surface area contributed by atoms with Gasteiger partial charge in [-0.15, -0.1) is 0 Å². The van der Waals surface area contributed by atoms with Gasteiger partial charge in [-0.2, -0.15) is 0 Å². The fourth-order valence-electron chi connectivity index (χ4n) is 1.59. The maximum Gasteiger partial charge on any atom is 0.265 e. The molecule has 0 radical (unpaired) electrons. The number of nitrogens with zero attached hydrogens (tertiary/aromatic N) is 1. The highest BCUT2D eigenvalue weighted by molar-refractivity contribution is 7.89. The summed E-state index contributed by atoms with van der Waals surface area (Å²) in [7, 11) is -3.47. The number of sulfonamides is 1. The van der Waals surface area contributed by atoms with Crippen LogP contribution >= 0.6 is 0 Å². The van der Waals surface area contributed by atoms with Crippen LogP contribution in [0.15, 0.2) is 29.2 Å². The van der Waals surface area contributed by atoms with Gasteiger partial charge in [0, 0.05) is 6.54 Å². The van der Waals surface area contributed by atoms with Crippen LogP contribution in [0.5, 0.6) is 0 Å². The van der Waals surface area contributed by atoms with E-state index in [9.17, 15) is 8.42 Å². The first-order valence-corrected chi connectivity index (χ1v) is 6.77. The summed E-state index contributed by atoms with van der Waals surface area (Å²) in [5.74, 6) is 0. The molecule has 0 saturated carbocycles. The molecule has 0 unspecified atom stereocenters. The Labute approximate surface area is 95.8 Å². The topological polar surface area (TPSA) is 46.6 Å². The lowest BCUT2D eigenvalue weighted by Crippen LogP contribution is -2.35. The summed E-state index contributed by atoms with van der Waals surface area (Å²) in [5, 5.41) is 0. The number of hydrogen-bond donors (Lipinski definition) is 0. The second-order valence-corrected chi connectivity index (χ2v) is 5.71. The first-order chi connectivity index (χ1) is 7.60. The van der Waals surface area contributed by atoms with E-state index in [1.807, 2.05) is 6.92 Å². The summed E-state index contributed by atoms with van der Waals surface area (Å²) in [6.45, 7) is 2.84. The Balaban J connectivity index is 2.27. The van der Waals surface area contributed by atoms with Crippen molar-refractivity contribution in [2.75, 3.05) is 13.2 Å². The highest BCUT2D eigenvalue weighted by Gasteiger charge is 2.26. The largest absolute Gasteiger partial charge is 0.284 e. The number of aryl methyl sites for hydroxylation is 1. The summed E-state index contributed by atoms with van der Waals surface area (Å²) in [6.07, 6.45) is 1.77. The zero-order chi connectivity index (χ0) is 11.6. The first kappa shape index (κ1) is 11.6. The van der Waals surface area contributed by atoms with Crippen molar-refractivity contribution in [1.82, 2.24) is 4.47 Å². The van der Waals surface area contributed by atoms with Crippen LogP contribution in [-0.2, 0) is 14.9 Å². The van der Waals surface area contributed by atoms with E-state index in [1.54, 1.807) is 24.3 Å².